The van der Waals surface area contributed by atoms with Crippen molar-refractivity contribution in [3.8, 4) is 23.8 Å². The Hall–Kier alpha value is -1.16. The summed E-state index contributed by atoms with van der Waals surface area (Å²) in [5.74, 6) is 4.15. The minimum atomic E-state index is 0. The third kappa shape index (κ3) is 2.98. The zero-order valence-electron chi connectivity index (χ0n) is 12.7. The van der Waals surface area contributed by atoms with Crippen LogP contribution in [0.25, 0.3) is 21.8 Å². The Labute approximate surface area is 170 Å². The fourth-order valence-electron chi connectivity index (χ4n) is 2.43. The number of halogens is 1. The average Bonchev–Trinajstić information content (AvgIpc) is 2.51. The van der Waals surface area contributed by atoms with E-state index in [1.165, 1.54) is 0 Å². The van der Waals surface area contributed by atoms with E-state index in [0.29, 0.717) is 11.5 Å². The first-order valence-electron chi connectivity index (χ1n) is 6.20. The first-order valence-corrected chi connectivity index (χ1v) is 6.20. The molecule has 1 heterocycles. The number of benzene rings is 2. The van der Waals surface area contributed by atoms with Gasteiger partial charge in [-0.15, -0.1) is 6.42 Å². The van der Waals surface area contributed by atoms with Crippen LogP contribution >= 0.6 is 0 Å². The molecule has 0 saturated carbocycles. The predicted octanol–water partition coefficient (Wildman–Crippen LogP) is -2.61. The Bertz CT molecular complexity index is 859. The molecule has 3 rings (SSSR count). The van der Waals surface area contributed by atoms with Crippen LogP contribution in [0.5, 0.6) is 11.5 Å². The number of terminal acetylenes is 1. The third-order valence-electron chi connectivity index (χ3n) is 3.34. The van der Waals surface area contributed by atoms with Crippen molar-refractivity contribution in [2.45, 2.75) is 0 Å². The van der Waals surface area contributed by atoms with Gasteiger partial charge in [0.2, 0.25) is 0 Å². The molecule has 2 aromatic carbocycles. The Morgan fingerprint density at radius 3 is 2.27 bits per heavy atom. The van der Waals surface area contributed by atoms with Crippen molar-refractivity contribution in [2.24, 2.45) is 0 Å². The van der Waals surface area contributed by atoms with Gasteiger partial charge in [0.15, 0.2) is 0 Å². The van der Waals surface area contributed by atoms with Crippen molar-refractivity contribution in [3.05, 3.63) is 42.0 Å². The fourth-order valence-corrected chi connectivity index (χ4v) is 2.43. The molecular formula is C17H13FKNO2. The number of pyridine rings is 1. The zero-order valence-corrected chi connectivity index (χ0v) is 15.8. The number of para-hydroxylation sites is 1. The van der Waals surface area contributed by atoms with Crippen LogP contribution in [-0.2, 0) is 0 Å². The van der Waals surface area contributed by atoms with Gasteiger partial charge in [-0.3, -0.25) is 0 Å². The second kappa shape index (κ2) is 7.91. The molecule has 0 spiro atoms. The number of hydrogen-bond acceptors (Lipinski definition) is 3. The molecule has 22 heavy (non-hydrogen) atoms. The summed E-state index contributed by atoms with van der Waals surface area (Å²) in [4.78, 5) is 4.67. The van der Waals surface area contributed by atoms with E-state index in [4.69, 9.17) is 15.9 Å². The maximum absolute atomic E-state index is 5.72. The van der Waals surface area contributed by atoms with Crippen LogP contribution < -0.4 is 65.6 Å². The summed E-state index contributed by atoms with van der Waals surface area (Å²) in [5, 5.41) is 1.75. The molecule has 0 radical (unpaired) electrons. The average molecular weight is 321 g/mol. The van der Waals surface area contributed by atoms with E-state index in [1.807, 2.05) is 36.4 Å². The maximum Gasteiger partial charge on any atom is 1.00 e. The van der Waals surface area contributed by atoms with Crippen molar-refractivity contribution in [2.75, 3.05) is 14.2 Å². The van der Waals surface area contributed by atoms with Crippen LogP contribution in [0.1, 0.15) is 5.56 Å². The second-order valence-corrected chi connectivity index (χ2v) is 4.34. The fraction of sp³-hybridized carbons (Fsp3) is 0.118. The molecule has 106 valence electrons. The first-order chi connectivity index (χ1) is 9.80. The smallest absolute Gasteiger partial charge is 1.00 e. The third-order valence-corrected chi connectivity index (χ3v) is 3.34. The number of rotatable bonds is 2. The Balaban J connectivity index is 0.00000121. The van der Waals surface area contributed by atoms with Crippen molar-refractivity contribution < 1.29 is 65.6 Å². The molecule has 0 aliphatic heterocycles. The Kier molecular flexibility index (Phi) is 6.79. The zero-order chi connectivity index (χ0) is 14.1. The maximum atomic E-state index is 5.72. The standard InChI is InChI=1S/C17H13NO2.FH.K/c1-4-11-12-7-5-6-8-13(12)18-17-15(20-3)10-9-14(19-2)16(11)17;;/h1,5-10H,2-3H3;1H;/q;;+1/p-1. The molecule has 0 unspecified atom stereocenters. The van der Waals surface area contributed by atoms with Gasteiger partial charge in [-0.2, -0.15) is 0 Å². The molecule has 0 aliphatic carbocycles. The van der Waals surface area contributed by atoms with Gasteiger partial charge in [0.1, 0.15) is 17.0 Å². The van der Waals surface area contributed by atoms with Gasteiger partial charge >= 0.3 is 51.4 Å². The number of aromatic nitrogens is 1. The van der Waals surface area contributed by atoms with Crippen LogP contribution in [0.4, 0.5) is 0 Å². The molecule has 3 aromatic rings. The van der Waals surface area contributed by atoms with Crippen LogP contribution in [-0.4, -0.2) is 19.2 Å². The Morgan fingerprint density at radius 2 is 1.64 bits per heavy atom. The van der Waals surface area contributed by atoms with Crippen molar-refractivity contribution in [1.29, 1.82) is 0 Å². The molecule has 0 fully saturated rings. The van der Waals surface area contributed by atoms with E-state index in [9.17, 15) is 0 Å². The molecule has 5 heteroatoms. The van der Waals surface area contributed by atoms with E-state index in [1.54, 1.807) is 14.2 Å². The number of hydrogen-bond donors (Lipinski definition) is 0. The van der Waals surface area contributed by atoms with E-state index in [0.717, 1.165) is 27.4 Å². The predicted molar refractivity (Wildman–Crippen MR) is 80.3 cm³/mol. The minimum absolute atomic E-state index is 0. The van der Waals surface area contributed by atoms with Crippen molar-refractivity contribution in [3.63, 3.8) is 0 Å². The number of nitrogens with zero attached hydrogens (tertiary/aromatic N) is 1. The second-order valence-electron chi connectivity index (χ2n) is 4.34. The van der Waals surface area contributed by atoms with E-state index >= 15 is 0 Å². The molecule has 0 N–H and O–H groups in total. The summed E-state index contributed by atoms with van der Waals surface area (Å²) in [5.41, 5.74) is 2.35. The van der Waals surface area contributed by atoms with Gasteiger partial charge in [-0.25, -0.2) is 4.98 Å². The van der Waals surface area contributed by atoms with E-state index in [2.05, 4.69) is 10.9 Å². The monoisotopic (exact) mass is 321 g/mol. The summed E-state index contributed by atoms with van der Waals surface area (Å²) < 4.78 is 10.8. The Morgan fingerprint density at radius 1 is 1.00 bits per heavy atom. The number of methoxy groups -OCH3 is 2. The molecule has 0 aliphatic rings. The number of fused-ring (bicyclic) bond motifs is 2. The van der Waals surface area contributed by atoms with Gasteiger partial charge in [-0.1, -0.05) is 24.1 Å². The molecule has 0 atom stereocenters. The van der Waals surface area contributed by atoms with Gasteiger partial charge in [0, 0.05) is 10.9 Å². The topological polar surface area (TPSA) is 31.4 Å². The van der Waals surface area contributed by atoms with Gasteiger partial charge in [0.05, 0.1) is 25.1 Å². The largest absolute Gasteiger partial charge is 1.00 e. The summed E-state index contributed by atoms with van der Waals surface area (Å²) in [6, 6.07) is 11.5. The van der Waals surface area contributed by atoms with E-state index < -0.39 is 0 Å². The summed E-state index contributed by atoms with van der Waals surface area (Å²) in [6.07, 6.45) is 5.72. The van der Waals surface area contributed by atoms with Crippen LogP contribution in [0.3, 0.4) is 0 Å². The van der Waals surface area contributed by atoms with E-state index in [-0.39, 0.29) is 56.1 Å². The normalized spacial score (nSPS) is 9.50. The first kappa shape index (κ1) is 18.9. The molecule has 0 amide bonds. The van der Waals surface area contributed by atoms with Crippen molar-refractivity contribution in [1.82, 2.24) is 4.98 Å². The SMILES string of the molecule is C#Cc1c2ccccc2nc2c(OC)ccc(OC)c12.[F-].[K+]. The summed E-state index contributed by atoms with van der Waals surface area (Å²) in [7, 11) is 3.24. The van der Waals surface area contributed by atoms with Gasteiger partial charge < -0.3 is 14.2 Å². The van der Waals surface area contributed by atoms with Gasteiger partial charge in [-0.05, 0) is 18.2 Å². The molecular weight excluding hydrogens is 308 g/mol. The quantitative estimate of drug-likeness (QED) is 0.295. The van der Waals surface area contributed by atoms with Crippen molar-refractivity contribution >= 4 is 21.8 Å². The molecule has 0 saturated heterocycles. The molecule has 0 bridgehead atoms. The van der Waals surface area contributed by atoms with Crippen LogP contribution in [0.2, 0.25) is 0 Å². The minimum Gasteiger partial charge on any atom is -1.00 e. The van der Waals surface area contributed by atoms with Crippen LogP contribution in [0.15, 0.2) is 36.4 Å². The van der Waals surface area contributed by atoms with Crippen LogP contribution in [0, 0.1) is 12.3 Å². The summed E-state index contributed by atoms with van der Waals surface area (Å²) >= 11 is 0. The van der Waals surface area contributed by atoms with Gasteiger partial charge in [0.25, 0.3) is 0 Å². The molecule has 1 aromatic heterocycles. The summed E-state index contributed by atoms with van der Waals surface area (Å²) in [6.45, 7) is 0. The number of ether oxygens (including phenoxy) is 2. The molecule has 3 nitrogen and oxygen atoms in total.